The van der Waals surface area contributed by atoms with E-state index in [0.717, 1.165) is 12.1 Å². The Labute approximate surface area is 176 Å². The van der Waals surface area contributed by atoms with Crippen LogP contribution in [-0.4, -0.2) is 31.5 Å². The zero-order chi connectivity index (χ0) is 22.9. The third-order valence-corrected chi connectivity index (χ3v) is 4.00. The summed E-state index contributed by atoms with van der Waals surface area (Å²) in [7, 11) is 1.52. The lowest BCUT2D eigenvalue weighted by molar-refractivity contribution is -0.147. The van der Waals surface area contributed by atoms with E-state index >= 15 is 0 Å². The van der Waals surface area contributed by atoms with Crippen LogP contribution in [0.3, 0.4) is 0 Å². The van der Waals surface area contributed by atoms with Gasteiger partial charge in [0.1, 0.15) is 5.75 Å². The van der Waals surface area contributed by atoms with E-state index in [0.29, 0.717) is 11.4 Å². The summed E-state index contributed by atoms with van der Waals surface area (Å²) < 4.78 is 47.9. The number of nitrogens with one attached hydrogen (secondary N) is 2. The van der Waals surface area contributed by atoms with Crippen molar-refractivity contribution in [3.05, 3.63) is 54.1 Å². The third-order valence-electron chi connectivity index (χ3n) is 4.00. The fraction of sp³-hybridized carbons (Fsp3) is 0.286. The molecule has 10 heteroatoms. The SMILES string of the molecule is COc1ccc(NC(=O)COC(=O)CCCC(=O)Nc2cccc(C(F)(F)F)c2)cc1. The van der Waals surface area contributed by atoms with Gasteiger partial charge in [-0.25, -0.2) is 0 Å². The molecule has 0 aliphatic carbocycles. The van der Waals surface area contributed by atoms with Gasteiger partial charge in [0.05, 0.1) is 12.7 Å². The molecule has 2 aromatic carbocycles. The highest BCUT2D eigenvalue weighted by atomic mass is 19.4. The quantitative estimate of drug-likeness (QED) is 0.577. The Balaban J connectivity index is 1.67. The van der Waals surface area contributed by atoms with Crippen molar-refractivity contribution in [2.24, 2.45) is 0 Å². The van der Waals surface area contributed by atoms with E-state index in [2.05, 4.69) is 10.6 Å². The lowest BCUT2D eigenvalue weighted by Gasteiger charge is -2.10. The van der Waals surface area contributed by atoms with Crippen LogP contribution in [0.5, 0.6) is 5.75 Å². The summed E-state index contributed by atoms with van der Waals surface area (Å²) in [6.45, 7) is -0.485. The summed E-state index contributed by atoms with van der Waals surface area (Å²) in [4.78, 5) is 35.3. The Morgan fingerprint density at radius 1 is 0.903 bits per heavy atom. The minimum atomic E-state index is -4.51. The van der Waals surface area contributed by atoms with E-state index in [1.165, 1.54) is 19.2 Å². The second-order valence-electron chi connectivity index (χ2n) is 6.42. The third kappa shape index (κ3) is 8.37. The minimum absolute atomic E-state index is 0.0117. The first-order valence-electron chi connectivity index (χ1n) is 9.24. The van der Waals surface area contributed by atoms with Crippen LogP contribution in [0.4, 0.5) is 24.5 Å². The molecule has 0 aliphatic rings. The van der Waals surface area contributed by atoms with Crippen molar-refractivity contribution in [3.63, 3.8) is 0 Å². The Morgan fingerprint density at radius 2 is 1.58 bits per heavy atom. The number of amides is 2. The number of hydrogen-bond acceptors (Lipinski definition) is 5. The molecule has 7 nitrogen and oxygen atoms in total. The molecule has 0 radical (unpaired) electrons. The first-order valence-corrected chi connectivity index (χ1v) is 9.24. The van der Waals surface area contributed by atoms with Crippen molar-refractivity contribution >= 4 is 29.2 Å². The summed E-state index contributed by atoms with van der Waals surface area (Å²) in [5.41, 5.74) is -0.354. The largest absolute Gasteiger partial charge is 0.497 e. The molecular formula is C21H21F3N2O5. The van der Waals surface area contributed by atoms with E-state index in [1.807, 2.05) is 0 Å². The van der Waals surface area contributed by atoms with Crippen molar-refractivity contribution in [1.82, 2.24) is 0 Å². The van der Waals surface area contributed by atoms with Crippen LogP contribution >= 0.6 is 0 Å². The van der Waals surface area contributed by atoms with Gasteiger partial charge in [0.2, 0.25) is 5.91 Å². The molecule has 166 valence electrons. The molecule has 0 bridgehead atoms. The van der Waals surface area contributed by atoms with Gasteiger partial charge in [-0.3, -0.25) is 14.4 Å². The van der Waals surface area contributed by atoms with Crippen molar-refractivity contribution in [2.45, 2.75) is 25.4 Å². The number of rotatable bonds is 9. The number of halogens is 3. The summed E-state index contributed by atoms with van der Waals surface area (Å²) in [6.07, 6.45) is -4.61. The van der Waals surface area contributed by atoms with E-state index in [4.69, 9.17) is 9.47 Å². The molecular weight excluding hydrogens is 417 g/mol. The summed E-state index contributed by atoms with van der Waals surface area (Å²) in [5, 5.41) is 4.90. The Morgan fingerprint density at radius 3 is 2.23 bits per heavy atom. The van der Waals surface area contributed by atoms with Crippen LogP contribution in [0.15, 0.2) is 48.5 Å². The fourth-order valence-corrected chi connectivity index (χ4v) is 2.48. The van der Waals surface area contributed by atoms with Crippen LogP contribution < -0.4 is 15.4 Å². The second kappa shape index (κ2) is 11.0. The van der Waals surface area contributed by atoms with Crippen LogP contribution in [-0.2, 0) is 25.3 Å². The van der Waals surface area contributed by atoms with Gasteiger partial charge >= 0.3 is 12.1 Å². The molecule has 0 unspecified atom stereocenters. The topological polar surface area (TPSA) is 93.7 Å². The average Bonchev–Trinajstić information content (AvgIpc) is 2.72. The molecule has 0 heterocycles. The number of anilines is 2. The van der Waals surface area contributed by atoms with Crippen molar-refractivity contribution in [2.75, 3.05) is 24.4 Å². The molecule has 2 amide bonds. The van der Waals surface area contributed by atoms with Gasteiger partial charge in [-0.15, -0.1) is 0 Å². The molecule has 0 saturated heterocycles. The molecule has 31 heavy (non-hydrogen) atoms. The number of esters is 1. The molecule has 0 spiro atoms. The number of hydrogen-bond donors (Lipinski definition) is 2. The summed E-state index contributed by atoms with van der Waals surface area (Å²) >= 11 is 0. The van der Waals surface area contributed by atoms with Crippen LogP contribution in [0, 0.1) is 0 Å². The fourth-order valence-electron chi connectivity index (χ4n) is 2.48. The number of benzene rings is 2. The monoisotopic (exact) mass is 438 g/mol. The first kappa shape index (κ1) is 23.7. The predicted octanol–water partition coefficient (Wildman–Crippen LogP) is 4.00. The van der Waals surface area contributed by atoms with Crippen molar-refractivity contribution in [3.8, 4) is 5.75 Å². The van der Waals surface area contributed by atoms with E-state index in [-0.39, 0.29) is 24.9 Å². The highest BCUT2D eigenvalue weighted by molar-refractivity contribution is 5.93. The molecule has 0 aromatic heterocycles. The summed E-state index contributed by atoms with van der Waals surface area (Å²) in [6, 6.07) is 10.8. The molecule has 2 aromatic rings. The standard InChI is InChI=1S/C21H21F3N2O5/c1-30-17-10-8-15(9-11-17)25-19(28)13-31-20(29)7-3-6-18(27)26-16-5-2-4-14(12-16)21(22,23)24/h2,4-5,8-12H,3,6-7,13H2,1H3,(H,25,28)(H,26,27). The van der Waals surface area contributed by atoms with Gasteiger partial charge in [0.25, 0.3) is 5.91 Å². The molecule has 0 fully saturated rings. The maximum Gasteiger partial charge on any atom is 0.416 e. The number of ether oxygens (including phenoxy) is 2. The Hall–Kier alpha value is -3.56. The Bertz CT molecular complexity index is 914. The number of carbonyl (C=O) groups is 3. The molecule has 0 aliphatic heterocycles. The molecule has 2 rings (SSSR count). The van der Waals surface area contributed by atoms with E-state index in [9.17, 15) is 27.6 Å². The zero-order valence-electron chi connectivity index (χ0n) is 16.6. The number of carbonyl (C=O) groups excluding carboxylic acids is 3. The van der Waals surface area contributed by atoms with Gasteiger partial charge in [0, 0.05) is 24.2 Å². The van der Waals surface area contributed by atoms with E-state index < -0.39 is 36.1 Å². The van der Waals surface area contributed by atoms with Gasteiger partial charge < -0.3 is 20.1 Å². The van der Waals surface area contributed by atoms with Gasteiger partial charge in [-0.05, 0) is 48.9 Å². The van der Waals surface area contributed by atoms with Crippen LogP contribution in [0.1, 0.15) is 24.8 Å². The number of methoxy groups -OCH3 is 1. The number of alkyl halides is 3. The van der Waals surface area contributed by atoms with Gasteiger partial charge in [-0.2, -0.15) is 13.2 Å². The lowest BCUT2D eigenvalue weighted by Crippen LogP contribution is -2.21. The maximum atomic E-state index is 12.7. The Kier molecular flexibility index (Phi) is 8.42. The minimum Gasteiger partial charge on any atom is -0.497 e. The zero-order valence-corrected chi connectivity index (χ0v) is 16.6. The van der Waals surface area contributed by atoms with Crippen LogP contribution in [0.2, 0.25) is 0 Å². The van der Waals surface area contributed by atoms with Gasteiger partial charge in [0.15, 0.2) is 6.61 Å². The highest BCUT2D eigenvalue weighted by Crippen LogP contribution is 2.30. The first-order chi connectivity index (χ1) is 14.7. The smallest absolute Gasteiger partial charge is 0.416 e. The summed E-state index contributed by atoms with van der Waals surface area (Å²) in [5.74, 6) is -1.11. The molecule has 0 saturated carbocycles. The average molecular weight is 438 g/mol. The van der Waals surface area contributed by atoms with E-state index in [1.54, 1.807) is 24.3 Å². The maximum absolute atomic E-state index is 12.7. The van der Waals surface area contributed by atoms with Crippen molar-refractivity contribution in [1.29, 1.82) is 0 Å². The van der Waals surface area contributed by atoms with Crippen LogP contribution in [0.25, 0.3) is 0 Å². The second-order valence-corrected chi connectivity index (χ2v) is 6.42. The normalized spacial score (nSPS) is 10.8. The molecule has 0 atom stereocenters. The van der Waals surface area contributed by atoms with Crippen molar-refractivity contribution < 1.29 is 37.0 Å². The highest BCUT2D eigenvalue weighted by Gasteiger charge is 2.30. The molecule has 2 N–H and O–H groups in total. The van der Waals surface area contributed by atoms with Gasteiger partial charge in [-0.1, -0.05) is 6.07 Å². The predicted molar refractivity (Wildman–Crippen MR) is 107 cm³/mol. The lowest BCUT2D eigenvalue weighted by atomic mass is 10.2.